The Morgan fingerprint density at radius 3 is 3.00 bits per heavy atom. The average Bonchev–Trinajstić information content (AvgIpc) is 2.16. The van der Waals surface area contributed by atoms with Crippen LogP contribution in [0.3, 0.4) is 0 Å². The smallest absolute Gasteiger partial charge is 0.225 e. The van der Waals surface area contributed by atoms with Crippen LogP contribution in [-0.4, -0.2) is 17.9 Å². The van der Waals surface area contributed by atoms with Gasteiger partial charge in [0, 0.05) is 6.20 Å². The second-order valence-corrected chi connectivity index (χ2v) is 2.65. The molecule has 0 aliphatic carbocycles. The van der Waals surface area contributed by atoms with E-state index in [9.17, 15) is 4.79 Å². The highest BCUT2D eigenvalue weighted by Crippen LogP contribution is 2.24. The Labute approximate surface area is 81.0 Å². The number of rotatable bonds is 3. The molecule has 1 heterocycles. The highest BCUT2D eigenvalue weighted by molar-refractivity contribution is 6.34. The van der Waals surface area contributed by atoms with Gasteiger partial charge in [0.2, 0.25) is 5.88 Å². The zero-order valence-electron chi connectivity index (χ0n) is 7.08. The van der Waals surface area contributed by atoms with Gasteiger partial charge in [-0.1, -0.05) is 18.2 Å². The molecule has 0 fully saturated rings. The van der Waals surface area contributed by atoms with Gasteiger partial charge >= 0.3 is 0 Å². The summed E-state index contributed by atoms with van der Waals surface area (Å²) in [6.07, 6.45) is 2.65. The third-order valence-corrected chi connectivity index (χ3v) is 1.81. The van der Waals surface area contributed by atoms with Crippen molar-refractivity contribution in [2.45, 2.75) is 0 Å². The standard InChI is InChI=1S/C9H8ClNO2/c1-3-7(12)8-6(10)4-5-11-9(8)13-2/h3-5H,1H2,2H3. The molecular formula is C9H8ClNO2. The van der Waals surface area contributed by atoms with Gasteiger partial charge in [0.25, 0.3) is 0 Å². The largest absolute Gasteiger partial charge is 0.480 e. The minimum absolute atomic E-state index is 0.220. The summed E-state index contributed by atoms with van der Waals surface area (Å²) in [5.74, 6) is -0.0765. The van der Waals surface area contributed by atoms with Crippen LogP contribution in [0.15, 0.2) is 24.9 Å². The first-order valence-corrected chi connectivity index (χ1v) is 3.93. The molecule has 1 rings (SSSR count). The molecule has 0 amide bonds. The van der Waals surface area contributed by atoms with Crippen LogP contribution < -0.4 is 4.74 Å². The van der Waals surface area contributed by atoms with Crippen molar-refractivity contribution >= 4 is 17.4 Å². The van der Waals surface area contributed by atoms with Crippen LogP contribution in [0.25, 0.3) is 0 Å². The summed E-state index contributed by atoms with van der Waals surface area (Å²) < 4.78 is 4.88. The van der Waals surface area contributed by atoms with Crippen LogP contribution in [0, 0.1) is 0 Å². The summed E-state index contributed by atoms with van der Waals surface area (Å²) in [6.45, 7) is 3.36. The number of carbonyl (C=O) groups excluding carboxylic acids is 1. The predicted octanol–water partition coefficient (Wildman–Crippen LogP) is 2.11. The molecule has 0 atom stereocenters. The minimum Gasteiger partial charge on any atom is -0.480 e. The molecule has 3 nitrogen and oxygen atoms in total. The van der Waals surface area contributed by atoms with Gasteiger partial charge in [0.05, 0.1) is 12.1 Å². The highest BCUT2D eigenvalue weighted by Gasteiger charge is 2.14. The first-order valence-electron chi connectivity index (χ1n) is 3.56. The summed E-state index contributed by atoms with van der Waals surface area (Å²) in [7, 11) is 1.43. The number of pyridine rings is 1. The minimum atomic E-state index is -0.296. The van der Waals surface area contributed by atoms with Crippen molar-refractivity contribution in [1.29, 1.82) is 0 Å². The number of hydrogen-bond acceptors (Lipinski definition) is 3. The van der Waals surface area contributed by atoms with Crippen molar-refractivity contribution in [2.75, 3.05) is 7.11 Å². The molecule has 4 heteroatoms. The third-order valence-electron chi connectivity index (χ3n) is 1.49. The van der Waals surface area contributed by atoms with Gasteiger partial charge in [-0.25, -0.2) is 4.98 Å². The molecule has 0 aliphatic heterocycles. The molecule has 0 bridgehead atoms. The molecule has 1 aromatic heterocycles. The Hall–Kier alpha value is -1.35. The maximum absolute atomic E-state index is 11.3. The number of ether oxygens (including phenoxy) is 1. The van der Waals surface area contributed by atoms with Gasteiger partial charge in [-0.15, -0.1) is 0 Å². The molecule has 0 N–H and O–H groups in total. The fourth-order valence-electron chi connectivity index (χ4n) is 0.900. The lowest BCUT2D eigenvalue weighted by Crippen LogP contribution is -2.01. The van der Waals surface area contributed by atoms with Gasteiger partial charge in [-0.05, 0) is 12.1 Å². The monoisotopic (exact) mass is 197 g/mol. The number of allylic oxidation sites excluding steroid dienone is 1. The molecule has 0 aromatic carbocycles. The first-order chi connectivity index (χ1) is 6.20. The number of methoxy groups -OCH3 is 1. The van der Waals surface area contributed by atoms with Crippen molar-refractivity contribution in [1.82, 2.24) is 4.98 Å². The van der Waals surface area contributed by atoms with E-state index in [0.29, 0.717) is 5.02 Å². The Morgan fingerprint density at radius 2 is 2.46 bits per heavy atom. The Bertz CT molecular complexity index is 349. The zero-order chi connectivity index (χ0) is 9.84. The van der Waals surface area contributed by atoms with Gasteiger partial charge in [0.1, 0.15) is 5.56 Å². The van der Waals surface area contributed by atoms with Crippen molar-refractivity contribution < 1.29 is 9.53 Å². The Kier molecular flexibility index (Phi) is 3.03. The number of carbonyl (C=O) groups is 1. The molecule has 0 saturated carbocycles. The number of aromatic nitrogens is 1. The lowest BCUT2D eigenvalue weighted by molar-refractivity contribution is 0.104. The van der Waals surface area contributed by atoms with Crippen LogP contribution in [0.2, 0.25) is 5.02 Å². The molecule has 0 saturated heterocycles. The molecule has 0 spiro atoms. The van der Waals surface area contributed by atoms with Crippen LogP contribution in [0.4, 0.5) is 0 Å². The van der Waals surface area contributed by atoms with Crippen molar-refractivity contribution in [3.05, 3.63) is 35.5 Å². The average molecular weight is 198 g/mol. The summed E-state index contributed by atoms with van der Waals surface area (Å²) in [4.78, 5) is 15.1. The lowest BCUT2D eigenvalue weighted by atomic mass is 10.2. The number of nitrogens with zero attached hydrogens (tertiary/aromatic N) is 1. The van der Waals surface area contributed by atoms with Crippen molar-refractivity contribution in [3.63, 3.8) is 0 Å². The quantitative estimate of drug-likeness (QED) is 0.550. The SMILES string of the molecule is C=CC(=O)c1c(Cl)ccnc1OC. The topological polar surface area (TPSA) is 39.2 Å². The maximum atomic E-state index is 11.3. The van der Waals surface area contributed by atoms with Gasteiger partial charge in [-0.3, -0.25) is 4.79 Å². The van der Waals surface area contributed by atoms with E-state index in [1.807, 2.05) is 0 Å². The van der Waals surface area contributed by atoms with Crippen LogP contribution in [0.1, 0.15) is 10.4 Å². The molecular weight excluding hydrogens is 190 g/mol. The zero-order valence-corrected chi connectivity index (χ0v) is 7.84. The third kappa shape index (κ3) is 1.87. The fourth-order valence-corrected chi connectivity index (χ4v) is 1.13. The maximum Gasteiger partial charge on any atom is 0.225 e. The van der Waals surface area contributed by atoms with Crippen molar-refractivity contribution in [3.8, 4) is 5.88 Å². The van der Waals surface area contributed by atoms with Crippen LogP contribution in [-0.2, 0) is 0 Å². The van der Waals surface area contributed by atoms with E-state index in [1.165, 1.54) is 25.4 Å². The van der Waals surface area contributed by atoms with E-state index in [-0.39, 0.29) is 17.2 Å². The predicted molar refractivity (Wildman–Crippen MR) is 50.3 cm³/mol. The Balaban J connectivity index is 3.30. The van der Waals surface area contributed by atoms with E-state index < -0.39 is 0 Å². The second kappa shape index (κ2) is 4.05. The molecule has 0 radical (unpaired) electrons. The van der Waals surface area contributed by atoms with Crippen LogP contribution in [0.5, 0.6) is 5.88 Å². The number of halogens is 1. The van der Waals surface area contributed by atoms with E-state index in [4.69, 9.17) is 16.3 Å². The normalized spacial score (nSPS) is 9.38. The molecule has 0 aliphatic rings. The molecule has 1 aromatic rings. The fraction of sp³-hybridized carbons (Fsp3) is 0.111. The lowest BCUT2D eigenvalue weighted by Gasteiger charge is -2.04. The Morgan fingerprint density at radius 1 is 1.77 bits per heavy atom. The molecule has 68 valence electrons. The highest BCUT2D eigenvalue weighted by atomic mass is 35.5. The van der Waals surface area contributed by atoms with Crippen molar-refractivity contribution in [2.24, 2.45) is 0 Å². The number of ketones is 1. The van der Waals surface area contributed by atoms with Crippen LogP contribution >= 0.6 is 11.6 Å². The van der Waals surface area contributed by atoms with Gasteiger partial charge in [-0.2, -0.15) is 0 Å². The second-order valence-electron chi connectivity index (χ2n) is 2.25. The summed E-state index contributed by atoms with van der Waals surface area (Å²) in [5.41, 5.74) is 0.252. The van der Waals surface area contributed by atoms with E-state index in [0.717, 1.165) is 0 Å². The number of hydrogen-bond donors (Lipinski definition) is 0. The summed E-state index contributed by atoms with van der Waals surface area (Å²) >= 11 is 5.79. The first kappa shape index (κ1) is 9.74. The summed E-state index contributed by atoms with van der Waals surface area (Å²) in [6, 6.07) is 1.53. The van der Waals surface area contributed by atoms with E-state index >= 15 is 0 Å². The summed E-state index contributed by atoms with van der Waals surface area (Å²) in [5, 5.41) is 0.316. The van der Waals surface area contributed by atoms with Gasteiger partial charge < -0.3 is 4.74 Å². The van der Waals surface area contributed by atoms with E-state index in [1.54, 1.807) is 0 Å². The van der Waals surface area contributed by atoms with E-state index in [2.05, 4.69) is 11.6 Å². The molecule has 13 heavy (non-hydrogen) atoms. The molecule has 0 unspecified atom stereocenters. The van der Waals surface area contributed by atoms with Gasteiger partial charge in [0.15, 0.2) is 5.78 Å².